The third-order valence-electron chi connectivity index (χ3n) is 5.31. The first-order valence-corrected chi connectivity index (χ1v) is 10.2. The number of methoxy groups -OCH3 is 1. The molecule has 0 unspecified atom stereocenters. The monoisotopic (exact) mass is 430 g/mol. The summed E-state index contributed by atoms with van der Waals surface area (Å²) in [5.74, 6) is -0.772. The van der Waals surface area contributed by atoms with E-state index in [0.717, 1.165) is 30.8 Å². The first-order chi connectivity index (χ1) is 14.9. The molecule has 1 fully saturated rings. The van der Waals surface area contributed by atoms with Gasteiger partial charge in [-0.3, -0.25) is 9.69 Å². The van der Waals surface area contributed by atoms with Crippen LogP contribution in [0, 0.1) is 5.82 Å². The summed E-state index contributed by atoms with van der Waals surface area (Å²) in [6.07, 6.45) is -0.636. The molecule has 8 heteroatoms. The number of nitrogens with zero attached hydrogens (tertiary/aromatic N) is 2. The van der Waals surface area contributed by atoms with Gasteiger partial charge < -0.3 is 19.5 Å². The summed E-state index contributed by atoms with van der Waals surface area (Å²) in [5.41, 5.74) is 1.86. The van der Waals surface area contributed by atoms with Crippen molar-refractivity contribution < 1.29 is 28.6 Å². The second kappa shape index (κ2) is 10.9. The number of benzene rings is 2. The van der Waals surface area contributed by atoms with Crippen molar-refractivity contribution in [2.75, 3.05) is 39.9 Å². The summed E-state index contributed by atoms with van der Waals surface area (Å²) in [6.45, 7) is 3.43. The van der Waals surface area contributed by atoms with Crippen molar-refractivity contribution in [3.8, 4) is 5.75 Å². The van der Waals surface area contributed by atoms with Gasteiger partial charge in [0.15, 0.2) is 12.7 Å². The molecule has 0 aliphatic carbocycles. The largest absolute Gasteiger partial charge is 0.484 e. The van der Waals surface area contributed by atoms with Crippen molar-refractivity contribution in [3.63, 3.8) is 0 Å². The lowest BCUT2D eigenvalue weighted by Crippen LogP contribution is -2.49. The van der Waals surface area contributed by atoms with Crippen molar-refractivity contribution in [2.45, 2.75) is 19.1 Å². The highest BCUT2D eigenvalue weighted by molar-refractivity contribution is 5.78. The number of piperazine rings is 1. The molecule has 7 nitrogen and oxygen atoms in total. The number of amides is 1. The second-order valence-electron chi connectivity index (χ2n) is 7.48. The number of aliphatic carboxylic acids is 1. The van der Waals surface area contributed by atoms with Crippen LogP contribution in [0.1, 0.15) is 11.1 Å². The summed E-state index contributed by atoms with van der Waals surface area (Å²) in [5, 5.41) is 9.05. The van der Waals surface area contributed by atoms with Crippen LogP contribution in [0.4, 0.5) is 4.39 Å². The molecule has 166 valence electrons. The first-order valence-electron chi connectivity index (χ1n) is 10.2. The van der Waals surface area contributed by atoms with Crippen molar-refractivity contribution in [2.24, 2.45) is 0 Å². The minimum atomic E-state index is -1.01. The lowest BCUT2D eigenvalue weighted by atomic mass is 10.1. The van der Waals surface area contributed by atoms with E-state index < -0.39 is 12.1 Å². The number of carbonyl (C=O) groups excluding carboxylic acids is 1. The highest BCUT2D eigenvalue weighted by atomic mass is 19.1. The fraction of sp³-hybridized carbons (Fsp3) is 0.391. The van der Waals surface area contributed by atoms with Crippen LogP contribution in [0.2, 0.25) is 0 Å². The molecular formula is C23H27FN2O5. The minimum absolute atomic E-state index is 0.0485. The molecule has 1 saturated heterocycles. The van der Waals surface area contributed by atoms with Crippen molar-refractivity contribution >= 4 is 11.9 Å². The van der Waals surface area contributed by atoms with E-state index in [0.29, 0.717) is 18.8 Å². The Kier molecular flexibility index (Phi) is 7.97. The average Bonchev–Trinajstić information content (AvgIpc) is 2.78. The van der Waals surface area contributed by atoms with Crippen molar-refractivity contribution in [1.82, 2.24) is 9.80 Å². The Morgan fingerprint density at radius 3 is 2.19 bits per heavy atom. The van der Waals surface area contributed by atoms with Gasteiger partial charge >= 0.3 is 5.97 Å². The van der Waals surface area contributed by atoms with Gasteiger partial charge in [0.05, 0.1) is 0 Å². The van der Waals surface area contributed by atoms with Crippen molar-refractivity contribution in [1.29, 1.82) is 0 Å². The Labute approximate surface area is 181 Å². The van der Waals surface area contributed by atoms with E-state index >= 15 is 0 Å². The third kappa shape index (κ3) is 6.77. The van der Waals surface area contributed by atoms with Gasteiger partial charge in [-0.05, 0) is 35.4 Å². The van der Waals surface area contributed by atoms with E-state index in [4.69, 9.17) is 14.6 Å². The quantitative estimate of drug-likeness (QED) is 0.657. The molecule has 0 spiro atoms. The van der Waals surface area contributed by atoms with Gasteiger partial charge in [0.2, 0.25) is 0 Å². The molecule has 1 atom stereocenters. The standard InChI is InChI=1S/C23H27FN2O5/c1-30-21(23(28)29)14-17-4-8-20(9-5-17)31-16-22(27)26-12-10-25(11-13-26)15-18-2-6-19(24)7-3-18/h2-9,21H,10-16H2,1H3,(H,28,29)/t21-/m0/s1. The Bertz CT molecular complexity index is 865. The summed E-state index contributed by atoms with van der Waals surface area (Å²) in [7, 11) is 1.37. The number of rotatable bonds is 9. The molecule has 0 aromatic heterocycles. The van der Waals surface area contributed by atoms with Gasteiger partial charge in [0, 0.05) is 46.3 Å². The fourth-order valence-corrected chi connectivity index (χ4v) is 3.45. The normalized spacial score (nSPS) is 15.5. The summed E-state index contributed by atoms with van der Waals surface area (Å²) < 4.78 is 23.6. The van der Waals surface area contributed by atoms with E-state index in [2.05, 4.69) is 4.90 Å². The van der Waals surface area contributed by atoms with Gasteiger partial charge in [-0.1, -0.05) is 24.3 Å². The molecule has 0 radical (unpaired) electrons. The molecular weight excluding hydrogens is 403 g/mol. The number of carboxylic acid groups (broad SMARTS) is 1. The zero-order valence-electron chi connectivity index (χ0n) is 17.5. The Balaban J connectivity index is 1.41. The second-order valence-corrected chi connectivity index (χ2v) is 7.48. The molecule has 0 bridgehead atoms. The van der Waals surface area contributed by atoms with Gasteiger partial charge in [0.1, 0.15) is 11.6 Å². The summed E-state index contributed by atoms with van der Waals surface area (Å²) in [4.78, 5) is 27.5. The average molecular weight is 430 g/mol. The number of carbonyl (C=O) groups is 2. The van der Waals surface area contributed by atoms with Gasteiger partial charge in [0.25, 0.3) is 5.91 Å². The topological polar surface area (TPSA) is 79.3 Å². The SMILES string of the molecule is CO[C@@H](Cc1ccc(OCC(=O)N2CCN(Cc3ccc(F)cc3)CC2)cc1)C(=O)O. The Morgan fingerprint density at radius 2 is 1.61 bits per heavy atom. The molecule has 1 heterocycles. The number of ether oxygens (including phenoxy) is 2. The molecule has 31 heavy (non-hydrogen) atoms. The van der Waals surface area contributed by atoms with Crippen molar-refractivity contribution in [3.05, 3.63) is 65.5 Å². The van der Waals surface area contributed by atoms with E-state index in [-0.39, 0.29) is 24.8 Å². The Hall–Kier alpha value is -2.97. The third-order valence-corrected chi connectivity index (χ3v) is 5.31. The molecule has 1 amide bonds. The van der Waals surface area contributed by atoms with Gasteiger partial charge in [-0.2, -0.15) is 0 Å². The minimum Gasteiger partial charge on any atom is -0.484 e. The number of carboxylic acids is 1. The molecule has 1 N–H and O–H groups in total. The highest BCUT2D eigenvalue weighted by Gasteiger charge is 2.21. The van der Waals surface area contributed by atoms with Crippen LogP contribution in [0.15, 0.2) is 48.5 Å². The van der Waals surface area contributed by atoms with Crippen LogP contribution in [0.5, 0.6) is 5.75 Å². The number of halogens is 1. The predicted octanol–water partition coefficient (Wildman–Crippen LogP) is 2.19. The lowest BCUT2D eigenvalue weighted by Gasteiger charge is -2.34. The molecule has 2 aromatic rings. The zero-order valence-corrected chi connectivity index (χ0v) is 17.5. The maximum absolute atomic E-state index is 13.0. The van der Waals surface area contributed by atoms with Crippen LogP contribution in [0.3, 0.4) is 0 Å². The molecule has 2 aromatic carbocycles. The maximum atomic E-state index is 13.0. The maximum Gasteiger partial charge on any atom is 0.333 e. The number of hydrogen-bond acceptors (Lipinski definition) is 5. The summed E-state index contributed by atoms with van der Waals surface area (Å²) in [6, 6.07) is 13.5. The van der Waals surface area contributed by atoms with Crippen LogP contribution >= 0.6 is 0 Å². The molecule has 0 saturated carbocycles. The Morgan fingerprint density at radius 1 is 1.00 bits per heavy atom. The van der Waals surface area contributed by atoms with E-state index in [9.17, 15) is 14.0 Å². The number of hydrogen-bond donors (Lipinski definition) is 1. The van der Waals surface area contributed by atoms with Crippen LogP contribution in [0.25, 0.3) is 0 Å². The van der Waals surface area contributed by atoms with E-state index in [1.165, 1.54) is 19.2 Å². The van der Waals surface area contributed by atoms with Gasteiger partial charge in [-0.15, -0.1) is 0 Å². The van der Waals surface area contributed by atoms with Crippen LogP contribution in [-0.4, -0.2) is 72.8 Å². The fourth-order valence-electron chi connectivity index (χ4n) is 3.45. The molecule has 1 aliphatic rings. The lowest BCUT2D eigenvalue weighted by molar-refractivity contribution is -0.148. The van der Waals surface area contributed by atoms with E-state index in [1.807, 2.05) is 0 Å². The zero-order chi connectivity index (χ0) is 22.2. The highest BCUT2D eigenvalue weighted by Crippen LogP contribution is 2.15. The predicted molar refractivity (Wildman–Crippen MR) is 112 cm³/mol. The first kappa shape index (κ1) is 22.7. The molecule has 1 aliphatic heterocycles. The van der Waals surface area contributed by atoms with Crippen LogP contribution in [-0.2, 0) is 27.3 Å². The summed E-state index contributed by atoms with van der Waals surface area (Å²) >= 11 is 0. The van der Waals surface area contributed by atoms with Gasteiger partial charge in [-0.25, -0.2) is 9.18 Å². The smallest absolute Gasteiger partial charge is 0.333 e. The molecule has 3 rings (SSSR count). The van der Waals surface area contributed by atoms with E-state index in [1.54, 1.807) is 41.3 Å². The van der Waals surface area contributed by atoms with Crippen LogP contribution < -0.4 is 4.74 Å².